The van der Waals surface area contributed by atoms with Gasteiger partial charge in [0.05, 0.1) is 17.3 Å². The van der Waals surface area contributed by atoms with Gasteiger partial charge in [-0.25, -0.2) is 4.79 Å². The van der Waals surface area contributed by atoms with Gasteiger partial charge in [0.1, 0.15) is 0 Å². The van der Waals surface area contributed by atoms with Crippen LogP contribution in [0.1, 0.15) is 30.4 Å². The Labute approximate surface area is 212 Å². The lowest BCUT2D eigenvalue weighted by molar-refractivity contribution is -0.138. The predicted molar refractivity (Wildman–Crippen MR) is 124 cm³/mol. The number of carbonyl (C=O) groups excluding carboxylic acids is 1. The van der Waals surface area contributed by atoms with Crippen LogP contribution in [0.15, 0.2) is 48.5 Å². The molecular weight excluding hydrogens is 520 g/mol. The summed E-state index contributed by atoms with van der Waals surface area (Å²) in [6.45, 7) is 0.329. The number of aromatic nitrogens is 3. The molecule has 1 aliphatic heterocycles. The molecule has 0 radical (unpaired) electrons. The molecule has 2 aromatic carbocycles. The van der Waals surface area contributed by atoms with Crippen molar-refractivity contribution in [1.29, 1.82) is 0 Å². The molecule has 1 atom stereocenters. The number of likely N-dealkylation sites (tertiary alicyclic amines) is 1. The number of rotatable bonds is 5. The molecule has 202 valence electrons. The van der Waals surface area contributed by atoms with Gasteiger partial charge >= 0.3 is 24.5 Å². The van der Waals surface area contributed by atoms with Crippen LogP contribution < -0.4 is 21.1 Å². The number of nitrogens with two attached hydrogens (primary N) is 1. The lowest BCUT2D eigenvalue weighted by Crippen LogP contribution is -2.49. The summed E-state index contributed by atoms with van der Waals surface area (Å²) < 4.78 is 83.9. The summed E-state index contributed by atoms with van der Waals surface area (Å²) in [5.74, 6) is -0.668. The van der Waals surface area contributed by atoms with Crippen LogP contribution in [0.4, 0.5) is 54.4 Å². The Morgan fingerprint density at radius 2 is 1.39 bits per heavy atom. The number of nitrogens with one attached hydrogen (secondary N) is 2. The van der Waals surface area contributed by atoms with E-state index >= 15 is 0 Å². The fourth-order valence-corrected chi connectivity index (χ4v) is 3.64. The predicted octanol–water partition coefficient (Wildman–Crippen LogP) is 5.67. The van der Waals surface area contributed by atoms with E-state index in [2.05, 4.69) is 25.6 Å². The van der Waals surface area contributed by atoms with E-state index in [-0.39, 0.29) is 23.3 Å². The Balaban J connectivity index is 1.65. The van der Waals surface area contributed by atoms with Crippen LogP contribution in [0.5, 0.6) is 6.01 Å². The van der Waals surface area contributed by atoms with Gasteiger partial charge < -0.3 is 21.1 Å². The second-order valence-corrected chi connectivity index (χ2v) is 8.30. The molecule has 0 spiro atoms. The van der Waals surface area contributed by atoms with Crippen molar-refractivity contribution in [3.63, 3.8) is 0 Å². The second kappa shape index (κ2) is 10.7. The number of ether oxygens (including phenoxy) is 1. The van der Waals surface area contributed by atoms with E-state index in [1.54, 1.807) is 0 Å². The van der Waals surface area contributed by atoms with Gasteiger partial charge in [-0.05, 0) is 55.7 Å². The molecule has 9 nitrogen and oxygen atoms in total. The van der Waals surface area contributed by atoms with Crippen molar-refractivity contribution in [2.24, 2.45) is 5.73 Å². The Morgan fingerprint density at radius 3 is 1.87 bits per heavy atom. The summed E-state index contributed by atoms with van der Waals surface area (Å²) >= 11 is 0. The van der Waals surface area contributed by atoms with E-state index in [0.717, 1.165) is 42.8 Å². The third-order valence-electron chi connectivity index (χ3n) is 5.47. The SMILES string of the molecule is NC1CCCCN1C(=O)Oc1nc(Nc2cccc(C(F)(F)F)c2)nc(Nc2cccc(C(F)(F)F)c2)n1. The Hall–Kier alpha value is -4.14. The molecule has 4 rings (SSSR count). The molecule has 0 saturated carbocycles. The second-order valence-electron chi connectivity index (χ2n) is 8.30. The lowest BCUT2D eigenvalue weighted by Gasteiger charge is -2.31. The smallest absolute Gasteiger partial charge is 0.374 e. The maximum Gasteiger partial charge on any atom is 0.418 e. The molecule has 4 N–H and O–H groups in total. The van der Waals surface area contributed by atoms with Crippen molar-refractivity contribution < 1.29 is 35.9 Å². The van der Waals surface area contributed by atoms with Gasteiger partial charge in [0.25, 0.3) is 0 Å². The van der Waals surface area contributed by atoms with E-state index in [9.17, 15) is 31.1 Å². The van der Waals surface area contributed by atoms with Crippen molar-refractivity contribution >= 4 is 29.4 Å². The molecule has 3 aromatic rings. The molecule has 1 fully saturated rings. The fourth-order valence-electron chi connectivity index (χ4n) is 3.64. The van der Waals surface area contributed by atoms with Crippen LogP contribution in [-0.4, -0.2) is 38.7 Å². The maximum absolute atomic E-state index is 13.1. The standard InChI is InChI=1S/C23H21F6N7O2/c24-22(25,26)13-5-3-7-15(11-13)31-18-33-19(32-16-8-4-6-14(12-16)23(27,28)29)35-20(34-18)38-21(37)36-10-2-1-9-17(36)30/h3-8,11-12,17H,1-2,9-10,30H2,(H2,31,32,33,34,35). The molecule has 1 amide bonds. The zero-order chi connectivity index (χ0) is 27.5. The number of amides is 1. The van der Waals surface area contributed by atoms with Gasteiger partial charge in [-0.1, -0.05) is 12.1 Å². The first-order valence-electron chi connectivity index (χ1n) is 11.3. The van der Waals surface area contributed by atoms with E-state index in [4.69, 9.17) is 10.5 Å². The van der Waals surface area contributed by atoms with Gasteiger partial charge in [0.2, 0.25) is 11.9 Å². The highest BCUT2D eigenvalue weighted by Gasteiger charge is 2.31. The Bertz CT molecular complexity index is 1220. The highest BCUT2D eigenvalue weighted by atomic mass is 19.4. The zero-order valence-electron chi connectivity index (χ0n) is 19.5. The van der Waals surface area contributed by atoms with Crippen molar-refractivity contribution in [3.05, 3.63) is 59.7 Å². The van der Waals surface area contributed by atoms with Gasteiger partial charge in [0.15, 0.2) is 0 Å². The minimum Gasteiger partial charge on any atom is -0.374 e. The van der Waals surface area contributed by atoms with Crippen LogP contribution in [0.2, 0.25) is 0 Å². The first-order valence-corrected chi connectivity index (χ1v) is 11.3. The number of alkyl halides is 6. The summed E-state index contributed by atoms with van der Waals surface area (Å²) in [4.78, 5) is 25.8. The third-order valence-corrected chi connectivity index (χ3v) is 5.47. The van der Waals surface area contributed by atoms with Gasteiger partial charge in [-0.3, -0.25) is 4.90 Å². The number of nitrogens with zero attached hydrogens (tertiary/aromatic N) is 4. The molecule has 15 heteroatoms. The topological polar surface area (TPSA) is 118 Å². The van der Waals surface area contributed by atoms with Crippen molar-refractivity contribution in [3.8, 4) is 6.01 Å². The number of piperidine rings is 1. The lowest BCUT2D eigenvalue weighted by atomic mass is 10.1. The summed E-state index contributed by atoms with van der Waals surface area (Å²) in [5, 5.41) is 5.14. The first kappa shape index (κ1) is 26.9. The molecule has 1 saturated heterocycles. The van der Waals surface area contributed by atoms with Crippen molar-refractivity contribution in [2.45, 2.75) is 37.8 Å². The summed E-state index contributed by atoms with van der Waals surface area (Å²) in [5.41, 5.74) is 3.98. The summed E-state index contributed by atoms with van der Waals surface area (Å²) in [7, 11) is 0. The molecule has 0 bridgehead atoms. The van der Waals surface area contributed by atoms with Gasteiger partial charge in [-0.15, -0.1) is 0 Å². The van der Waals surface area contributed by atoms with Crippen molar-refractivity contribution in [2.75, 3.05) is 17.2 Å². The Morgan fingerprint density at radius 1 is 0.868 bits per heavy atom. The quantitative estimate of drug-likeness (QED) is 0.354. The molecule has 1 aliphatic rings. The minimum atomic E-state index is -4.61. The number of halogens is 6. The maximum atomic E-state index is 13.1. The average molecular weight is 541 g/mol. The molecular formula is C23H21F6N7O2. The van der Waals surface area contributed by atoms with E-state index in [0.29, 0.717) is 19.4 Å². The van der Waals surface area contributed by atoms with Crippen LogP contribution in [-0.2, 0) is 12.4 Å². The normalized spacial score (nSPS) is 16.2. The van der Waals surface area contributed by atoms with Crippen LogP contribution >= 0.6 is 0 Å². The first-order chi connectivity index (χ1) is 17.9. The monoisotopic (exact) mass is 541 g/mol. The van der Waals surface area contributed by atoms with Gasteiger partial charge in [0, 0.05) is 17.9 Å². The summed E-state index contributed by atoms with van der Waals surface area (Å²) in [6.07, 6.45) is -8.60. The molecule has 2 heterocycles. The molecule has 1 unspecified atom stereocenters. The molecule has 38 heavy (non-hydrogen) atoms. The largest absolute Gasteiger partial charge is 0.418 e. The number of carbonyl (C=O) groups is 1. The van der Waals surface area contributed by atoms with Gasteiger partial charge in [-0.2, -0.15) is 41.3 Å². The van der Waals surface area contributed by atoms with Crippen LogP contribution in [0.3, 0.4) is 0 Å². The highest BCUT2D eigenvalue weighted by molar-refractivity contribution is 5.70. The third kappa shape index (κ3) is 6.79. The number of hydrogen-bond donors (Lipinski definition) is 3. The molecule has 0 aliphatic carbocycles. The van der Waals surface area contributed by atoms with Crippen LogP contribution in [0, 0.1) is 0 Å². The Kier molecular flexibility index (Phi) is 7.57. The van der Waals surface area contributed by atoms with Crippen molar-refractivity contribution in [1.82, 2.24) is 19.9 Å². The number of benzene rings is 2. The zero-order valence-corrected chi connectivity index (χ0v) is 19.5. The van der Waals surface area contributed by atoms with Crippen LogP contribution in [0.25, 0.3) is 0 Å². The number of anilines is 4. The summed E-state index contributed by atoms with van der Waals surface area (Å²) in [6, 6.07) is 7.76. The molecule has 1 aromatic heterocycles. The van der Waals surface area contributed by atoms with E-state index in [1.807, 2.05) is 0 Å². The van der Waals surface area contributed by atoms with E-state index in [1.165, 1.54) is 17.0 Å². The highest BCUT2D eigenvalue weighted by Crippen LogP contribution is 2.33. The average Bonchev–Trinajstić information content (AvgIpc) is 2.83. The fraction of sp³-hybridized carbons (Fsp3) is 0.304. The van der Waals surface area contributed by atoms with E-state index < -0.39 is 41.7 Å². The number of hydrogen-bond acceptors (Lipinski definition) is 8. The minimum absolute atomic E-state index is 0.0497.